The van der Waals surface area contributed by atoms with E-state index in [0.717, 1.165) is 17.7 Å². The lowest BCUT2D eigenvalue weighted by Gasteiger charge is -2.20. The van der Waals surface area contributed by atoms with Gasteiger partial charge in [-0.15, -0.1) is 0 Å². The quantitative estimate of drug-likeness (QED) is 0.773. The molecule has 0 saturated heterocycles. The molecule has 0 aliphatic heterocycles. The maximum Gasteiger partial charge on any atom is 0.145 e. The van der Waals surface area contributed by atoms with Crippen LogP contribution in [0.3, 0.4) is 0 Å². The van der Waals surface area contributed by atoms with Gasteiger partial charge in [0.25, 0.3) is 0 Å². The molecule has 3 rings (SSSR count). The van der Waals surface area contributed by atoms with Gasteiger partial charge in [-0.3, -0.25) is 0 Å². The average molecular weight is 214 g/mol. The third-order valence-corrected chi connectivity index (χ3v) is 4.03. The molecule has 16 heavy (non-hydrogen) atoms. The molecule has 2 fully saturated rings. The first-order chi connectivity index (χ1) is 7.78. The molecule has 4 heteroatoms. The van der Waals surface area contributed by atoms with Gasteiger partial charge < -0.3 is 5.73 Å². The van der Waals surface area contributed by atoms with Gasteiger partial charge >= 0.3 is 0 Å². The van der Waals surface area contributed by atoms with Gasteiger partial charge in [0.05, 0.1) is 6.20 Å². The van der Waals surface area contributed by atoms with Gasteiger partial charge in [-0.05, 0) is 31.1 Å². The number of aromatic nitrogens is 2. The van der Waals surface area contributed by atoms with Crippen molar-refractivity contribution in [2.45, 2.75) is 31.6 Å². The van der Waals surface area contributed by atoms with Crippen molar-refractivity contribution in [1.29, 1.82) is 5.26 Å². The fourth-order valence-corrected chi connectivity index (χ4v) is 3.24. The standard InChI is InChI=1S/C12H14N4/c13-5-9-6-15-12(16-11(9)14)10-4-7-1-2-8(10)3-7/h6-8,10H,1-4H2,(H2,14,15,16). The van der Waals surface area contributed by atoms with E-state index in [0.29, 0.717) is 17.3 Å². The van der Waals surface area contributed by atoms with Crippen LogP contribution < -0.4 is 5.73 Å². The third-order valence-electron chi connectivity index (χ3n) is 4.03. The van der Waals surface area contributed by atoms with E-state index in [1.54, 1.807) is 6.20 Å². The van der Waals surface area contributed by atoms with Crippen molar-refractivity contribution in [3.8, 4) is 6.07 Å². The molecule has 2 saturated carbocycles. The van der Waals surface area contributed by atoms with Gasteiger partial charge in [-0.25, -0.2) is 9.97 Å². The summed E-state index contributed by atoms with van der Waals surface area (Å²) in [5, 5.41) is 8.77. The van der Waals surface area contributed by atoms with Gasteiger partial charge in [0, 0.05) is 5.92 Å². The number of nitrogen functional groups attached to an aromatic ring is 1. The maximum atomic E-state index is 8.77. The Morgan fingerprint density at radius 3 is 2.81 bits per heavy atom. The molecule has 1 aromatic heterocycles. The normalized spacial score (nSPS) is 31.6. The molecule has 4 nitrogen and oxygen atoms in total. The molecule has 3 unspecified atom stereocenters. The summed E-state index contributed by atoms with van der Waals surface area (Å²) < 4.78 is 0. The summed E-state index contributed by atoms with van der Waals surface area (Å²) in [5.74, 6) is 3.28. The van der Waals surface area contributed by atoms with Crippen LogP contribution in [-0.2, 0) is 0 Å². The summed E-state index contributed by atoms with van der Waals surface area (Å²) in [7, 11) is 0. The van der Waals surface area contributed by atoms with Gasteiger partial charge in [-0.1, -0.05) is 6.42 Å². The summed E-state index contributed by atoms with van der Waals surface area (Å²) in [6, 6.07) is 2.00. The third kappa shape index (κ3) is 1.35. The number of hydrogen-bond acceptors (Lipinski definition) is 4. The van der Waals surface area contributed by atoms with Crippen LogP contribution in [0.2, 0.25) is 0 Å². The Labute approximate surface area is 94.5 Å². The Hall–Kier alpha value is -1.63. The minimum atomic E-state index is 0.329. The zero-order valence-corrected chi connectivity index (χ0v) is 9.06. The molecule has 2 aliphatic rings. The fraction of sp³-hybridized carbons (Fsp3) is 0.583. The van der Waals surface area contributed by atoms with Crippen LogP contribution in [0.25, 0.3) is 0 Å². The van der Waals surface area contributed by atoms with Gasteiger partial charge in [-0.2, -0.15) is 5.26 Å². The van der Waals surface area contributed by atoms with E-state index >= 15 is 0 Å². The van der Waals surface area contributed by atoms with Crippen molar-refractivity contribution in [3.05, 3.63) is 17.6 Å². The molecule has 82 valence electrons. The van der Waals surface area contributed by atoms with Crippen LogP contribution in [-0.4, -0.2) is 9.97 Å². The maximum absolute atomic E-state index is 8.77. The highest BCUT2D eigenvalue weighted by molar-refractivity contribution is 5.46. The zero-order chi connectivity index (χ0) is 11.1. The Kier molecular flexibility index (Phi) is 2.06. The minimum absolute atomic E-state index is 0.329. The van der Waals surface area contributed by atoms with Crippen LogP contribution in [0.5, 0.6) is 0 Å². The van der Waals surface area contributed by atoms with Crippen molar-refractivity contribution >= 4 is 5.82 Å². The molecular weight excluding hydrogens is 200 g/mol. The molecule has 2 N–H and O–H groups in total. The summed E-state index contributed by atoms with van der Waals surface area (Å²) in [6.07, 6.45) is 6.76. The Morgan fingerprint density at radius 1 is 1.38 bits per heavy atom. The Morgan fingerprint density at radius 2 is 2.25 bits per heavy atom. The average Bonchev–Trinajstić information content (AvgIpc) is 2.90. The number of fused-ring (bicyclic) bond motifs is 2. The van der Waals surface area contributed by atoms with Crippen LogP contribution in [0.15, 0.2) is 6.20 Å². The second kappa shape index (κ2) is 3.44. The van der Waals surface area contributed by atoms with E-state index in [9.17, 15) is 0 Å². The molecule has 0 aromatic carbocycles. The monoisotopic (exact) mass is 214 g/mol. The smallest absolute Gasteiger partial charge is 0.145 e. The summed E-state index contributed by atoms with van der Waals surface area (Å²) in [5.41, 5.74) is 6.11. The molecule has 2 bridgehead atoms. The summed E-state index contributed by atoms with van der Waals surface area (Å²) in [6.45, 7) is 0. The van der Waals surface area contributed by atoms with E-state index in [1.165, 1.54) is 25.7 Å². The second-order valence-electron chi connectivity index (χ2n) is 4.92. The van der Waals surface area contributed by atoms with Gasteiger partial charge in [0.1, 0.15) is 23.3 Å². The topological polar surface area (TPSA) is 75.6 Å². The Balaban J connectivity index is 1.91. The highest BCUT2D eigenvalue weighted by Gasteiger charge is 2.41. The molecular formula is C12H14N4. The van der Waals surface area contributed by atoms with E-state index in [1.807, 2.05) is 6.07 Å². The largest absolute Gasteiger partial charge is 0.382 e. The van der Waals surface area contributed by atoms with Crippen LogP contribution in [0.1, 0.15) is 43.0 Å². The molecule has 2 aliphatic carbocycles. The molecule has 0 spiro atoms. The number of rotatable bonds is 1. The van der Waals surface area contributed by atoms with Crippen molar-refractivity contribution in [3.63, 3.8) is 0 Å². The fourth-order valence-electron chi connectivity index (χ4n) is 3.24. The molecule has 1 heterocycles. The van der Waals surface area contributed by atoms with Crippen molar-refractivity contribution in [2.24, 2.45) is 11.8 Å². The van der Waals surface area contributed by atoms with Crippen LogP contribution >= 0.6 is 0 Å². The number of hydrogen-bond donors (Lipinski definition) is 1. The molecule has 0 radical (unpaired) electrons. The summed E-state index contributed by atoms with van der Waals surface area (Å²) >= 11 is 0. The van der Waals surface area contributed by atoms with E-state index in [-0.39, 0.29) is 0 Å². The number of nitrogens with zero attached hydrogens (tertiary/aromatic N) is 3. The Bertz CT molecular complexity index is 463. The first-order valence-corrected chi connectivity index (χ1v) is 5.80. The van der Waals surface area contributed by atoms with Crippen molar-refractivity contribution in [2.75, 3.05) is 5.73 Å². The lowest BCUT2D eigenvalue weighted by atomic mass is 9.88. The predicted molar refractivity (Wildman–Crippen MR) is 59.3 cm³/mol. The van der Waals surface area contributed by atoms with Crippen LogP contribution in [0, 0.1) is 23.2 Å². The van der Waals surface area contributed by atoms with Crippen molar-refractivity contribution in [1.82, 2.24) is 9.97 Å². The van der Waals surface area contributed by atoms with E-state index < -0.39 is 0 Å². The molecule has 1 aromatic rings. The zero-order valence-electron chi connectivity index (χ0n) is 9.06. The highest BCUT2D eigenvalue weighted by Crippen LogP contribution is 2.52. The molecule has 3 atom stereocenters. The SMILES string of the molecule is N#Cc1cnc(C2CC3CCC2C3)nc1N. The first-order valence-electron chi connectivity index (χ1n) is 5.80. The minimum Gasteiger partial charge on any atom is -0.382 e. The van der Waals surface area contributed by atoms with E-state index in [4.69, 9.17) is 11.0 Å². The van der Waals surface area contributed by atoms with E-state index in [2.05, 4.69) is 9.97 Å². The molecule has 0 amide bonds. The lowest BCUT2D eigenvalue weighted by molar-refractivity contribution is 0.405. The lowest BCUT2D eigenvalue weighted by Crippen LogP contribution is -2.13. The van der Waals surface area contributed by atoms with Gasteiger partial charge in [0.15, 0.2) is 0 Å². The second-order valence-corrected chi connectivity index (χ2v) is 4.92. The number of nitriles is 1. The number of nitrogens with two attached hydrogens (primary N) is 1. The first kappa shape index (κ1) is 9.59. The van der Waals surface area contributed by atoms with Crippen molar-refractivity contribution < 1.29 is 0 Å². The summed E-state index contributed by atoms with van der Waals surface area (Å²) in [4.78, 5) is 8.59. The van der Waals surface area contributed by atoms with Gasteiger partial charge in [0.2, 0.25) is 0 Å². The highest BCUT2D eigenvalue weighted by atomic mass is 15.0. The predicted octanol–water partition coefficient (Wildman–Crippen LogP) is 1.83. The number of anilines is 1. The van der Waals surface area contributed by atoms with Crippen LogP contribution in [0.4, 0.5) is 5.82 Å².